The molecule has 0 aliphatic heterocycles. The fourth-order valence-electron chi connectivity index (χ4n) is 1.20. The Balaban J connectivity index is 2.35. The quantitative estimate of drug-likeness (QED) is 0.826. The number of nitrogens with zero attached hydrogens (tertiary/aromatic N) is 2. The van der Waals surface area contributed by atoms with Gasteiger partial charge in [-0.25, -0.2) is 4.98 Å². The predicted molar refractivity (Wildman–Crippen MR) is 58.1 cm³/mol. The Morgan fingerprint density at radius 1 is 1.67 bits per heavy atom. The van der Waals surface area contributed by atoms with Crippen molar-refractivity contribution in [2.45, 2.75) is 13.0 Å². The molecule has 2 heterocycles. The van der Waals surface area contributed by atoms with Crippen molar-refractivity contribution in [3.63, 3.8) is 0 Å². The van der Waals surface area contributed by atoms with Crippen molar-refractivity contribution < 1.29 is 9.90 Å². The minimum Gasteiger partial charge on any atom is -0.480 e. The molecule has 0 amide bonds. The van der Waals surface area contributed by atoms with Gasteiger partial charge < -0.3 is 10.4 Å². The van der Waals surface area contributed by atoms with E-state index in [1.165, 1.54) is 11.5 Å². The van der Waals surface area contributed by atoms with Gasteiger partial charge in [0.1, 0.15) is 10.9 Å². The molecule has 2 aromatic heterocycles. The molecular weight excluding hydrogens is 214 g/mol. The van der Waals surface area contributed by atoms with Crippen molar-refractivity contribution in [3.8, 4) is 0 Å². The Bertz CT molecular complexity index is 497. The maximum absolute atomic E-state index is 10.7. The van der Waals surface area contributed by atoms with E-state index in [1.807, 2.05) is 0 Å². The van der Waals surface area contributed by atoms with Crippen LogP contribution in [0.2, 0.25) is 0 Å². The fraction of sp³-hybridized carbons (Fsp3) is 0.222. The van der Waals surface area contributed by atoms with Crippen LogP contribution in [0.3, 0.4) is 0 Å². The Hall–Kier alpha value is -1.69. The lowest BCUT2D eigenvalue weighted by molar-refractivity contribution is -0.137. The number of aliphatic carboxylic acids is 1. The fourth-order valence-corrected chi connectivity index (χ4v) is 1.83. The van der Waals surface area contributed by atoms with Crippen molar-refractivity contribution in [3.05, 3.63) is 18.5 Å². The van der Waals surface area contributed by atoms with Crippen LogP contribution in [0, 0.1) is 0 Å². The second kappa shape index (κ2) is 3.82. The highest BCUT2D eigenvalue weighted by atomic mass is 32.1. The number of rotatable bonds is 3. The number of pyridine rings is 1. The number of aromatic nitrogens is 2. The molecule has 2 aromatic rings. The first-order chi connectivity index (χ1) is 7.18. The van der Waals surface area contributed by atoms with Gasteiger partial charge in [-0.1, -0.05) is 0 Å². The molecule has 15 heavy (non-hydrogen) atoms. The molecule has 0 aromatic carbocycles. The molecule has 1 atom stereocenters. The topological polar surface area (TPSA) is 75.1 Å². The molecule has 0 fully saturated rings. The van der Waals surface area contributed by atoms with Crippen molar-refractivity contribution >= 4 is 33.4 Å². The highest BCUT2D eigenvalue weighted by Crippen LogP contribution is 2.24. The standard InChI is InChI=1S/C9H9N3O2S/c1-5(9(13)14)12-7-2-3-10-8-6(7)4-11-15-8/h2-5H,1H3,(H,10,12)(H,13,14). The molecular formula is C9H9N3O2S. The van der Waals surface area contributed by atoms with Gasteiger partial charge in [0.2, 0.25) is 0 Å². The normalized spacial score (nSPS) is 12.6. The minimum absolute atomic E-state index is 0.629. The number of anilines is 1. The van der Waals surface area contributed by atoms with Crippen LogP contribution in [0.5, 0.6) is 0 Å². The Morgan fingerprint density at radius 3 is 3.20 bits per heavy atom. The van der Waals surface area contributed by atoms with Crippen LogP contribution in [0.15, 0.2) is 18.5 Å². The summed E-state index contributed by atoms with van der Waals surface area (Å²) in [5, 5.41) is 12.5. The SMILES string of the molecule is CC(Nc1ccnc2sncc12)C(=O)O. The summed E-state index contributed by atoms with van der Waals surface area (Å²) in [6, 6.07) is 1.12. The van der Waals surface area contributed by atoms with Crippen molar-refractivity contribution in [1.82, 2.24) is 9.36 Å². The van der Waals surface area contributed by atoms with E-state index in [0.29, 0.717) is 0 Å². The summed E-state index contributed by atoms with van der Waals surface area (Å²) in [7, 11) is 0. The van der Waals surface area contributed by atoms with Crippen molar-refractivity contribution in [2.75, 3.05) is 5.32 Å². The summed E-state index contributed by atoms with van der Waals surface area (Å²) in [4.78, 5) is 15.6. The summed E-state index contributed by atoms with van der Waals surface area (Å²) < 4.78 is 4.01. The molecule has 0 saturated carbocycles. The van der Waals surface area contributed by atoms with Crippen molar-refractivity contribution in [1.29, 1.82) is 0 Å². The number of nitrogens with one attached hydrogen (secondary N) is 1. The Labute approximate surface area is 89.9 Å². The first kappa shape index (κ1) is 9.85. The zero-order valence-corrected chi connectivity index (χ0v) is 8.78. The van der Waals surface area contributed by atoms with E-state index >= 15 is 0 Å². The van der Waals surface area contributed by atoms with Crippen LogP contribution in [-0.4, -0.2) is 26.5 Å². The Kier molecular flexibility index (Phi) is 2.51. The lowest BCUT2D eigenvalue weighted by Crippen LogP contribution is -2.25. The van der Waals surface area contributed by atoms with Crippen LogP contribution in [0.4, 0.5) is 5.69 Å². The van der Waals surface area contributed by atoms with Crippen molar-refractivity contribution in [2.24, 2.45) is 0 Å². The molecule has 0 radical (unpaired) electrons. The summed E-state index contributed by atoms with van der Waals surface area (Å²) in [5.74, 6) is -0.886. The summed E-state index contributed by atoms with van der Waals surface area (Å²) in [6.45, 7) is 1.59. The van der Waals surface area contributed by atoms with Gasteiger partial charge >= 0.3 is 5.97 Å². The van der Waals surface area contributed by atoms with Crippen LogP contribution < -0.4 is 5.32 Å². The smallest absolute Gasteiger partial charge is 0.325 e. The van der Waals surface area contributed by atoms with Gasteiger partial charge in [-0.3, -0.25) is 4.79 Å². The highest BCUT2D eigenvalue weighted by Gasteiger charge is 2.12. The summed E-state index contributed by atoms with van der Waals surface area (Å²) in [5.41, 5.74) is 0.753. The van der Waals surface area contributed by atoms with E-state index in [4.69, 9.17) is 5.11 Å². The zero-order chi connectivity index (χ0) is 10.8. The summed E-state index contributed by atoms with van der Waals surface area (Å²) >= 11 is 1.29. The van der Waals surface area contributed by atoms with Gasteiger partial charge in [-0.05, 0) is 24.5 Å². The lowest BCUT2D eigenvalue weighted by Gasteiger charge is -2.10. The van der Waals surface area contributed by atoms with Crippen LogP contribution in [0.25, 0.3) is 10.2 Å². The van der Waals surface area contributed by atoms with Gasteiger partial charge in [0.05, 0.1) is 11.6 Å². The molecule has 0 aliphatic rings. The van der Waals surface area contributed by atoms with E-state index in [-0.39, 0.29) is 0 Å². The Morgan fingerprint density at radius 2 is 2.47 bits per heavy atom. The average molecular weight is 223 g/mol. The number of carbonyl (C=O) groups is 1. The first-order valence-electron chi connectivity index (χ1n) is 4.37. The van der Waals surface area contributed by atoms with E-state index in [2.05, 4.69) is 14.7 Å². The van der Waals surface area contributed by atoms with Gasteiger partial charge in [0, 0.05) is 11.9 Å². The van der Waals surface area contributed by atoms with Gasteiger partial charge in [-0.15, -0.1) is 0 Å². The lowest BCUT2D eigenvalue weighted by atomic mass is 10.2. The third kappa shape index (κ3) is 1.89. The minimum atomic E-state index is -0.886. The van der Waals surface area contributed by atoms with E-state index in [1.54, 1.807) is 25.4 Å². The average Bonchev–Trinajstić information content (AvgIpc) is 2.66. The van der Waals surface area contributed by atoms with Gasteiger partial charge in [-0.2, -0.15) is 4.37 Å². The summed E-state index contributed by atoms with van der Waals surface area (Å²) in [6.07, 6.45) is 3.32. The largest absolute Gasteiger partial charge is 0.480 e. The zero-order valence-electron chi connectivity index (χ0n) is 7.97. The second-order valence-corrected chi connectivity index (χ2v) is 3.89. The van der Waals surface area contributed by atoms with Crippen LogP contribution >= 0.6 is 11.5 Å². The molecule has 6 heteroatoms. The van der Waals surface area contributed by atoms with Gasteiger partial charge in [0.15, 0.2) is 0 Å². The molecule has 2 rings (SSSR count). The molecule has 0 spiro atoms. The number of hydrogen-bond donors (Lipinski definition) is 2. The third-order valence-electron chi connectivity index (χ3n) is 2.02. The van der Waals surface area contributed by atoms with E-state index in [9.17, 15) is 4.79 Å². The maximum Gasteiger partial charge on any atom is 0.325 e. The molecule has 0 bridgehead atoms. The second-order valence-electron chi connectivity index (χ2n) is 3.11. The molecule has 0 aliphatic carbocycles. The number of fused-ring (bicyclic) bond motifs is 1. The van der Waals surface area contributed by atoms with E-state index in [0.717, 1.165) is 15.9 Å². The molecule has 1 unspecified atom stereocenters. The molecule has 78 valence electrons. The van der Waals surface area contributed by atoms with Crippen LogP contribution in [0.1, 0.15) is 6.92 Å². The molecule has 5 nitrogen and oxygen atoms in total. The molecule has 2 N–H and O–H groups in total. The van der Waals surface area contributed by atoms with E-state index < -0.39 is 12.0 Å². The number of hydrogen-bond acceptors (Lipinski definition) is 5. The molecule has 0 saturated heterocycles. The highest BCUT2D eigenvalue weighted by molar-refractivity contribution is 7.12. The predicted octanol–water partition coefficient (Wildman–Crippen LogP) is 1.58. The number of carboxylic acid groups (broad SMARTS) is 1. The maximum atomic E-state index is 10.7. The monoisotopic (exact) mass is 223 g/mol. The third-order valence-corrected chi connectivity index (χ3v) is 2.73. The van der Waals surface area contributed by atoms with Crippen LogP contribution in [-0.2, 0) is 4.79 Å². The first-order valence-corrected chi connectivity index (χ1v) is 5.14. The van der Waals surface area contributed by atoms with Gasteiger partial charge in [0.25, 0.3) is 0 Å². The number of carboxylic acids is 1.